The number of aromatic nitrogens is 1. The molecule has 0 unspecified atom stereocenters. The number of imide groups is 1. The highest BCUT2D eigenvalue weighted by Gasteiger charge is 2.22. The molecule has 0 aliphatic carbocycles. The van der Waals surface area contributed by atoms with Gasteiger partial charge in [0.25, 0.3) is 0 Å². The molecule has 1 aromatic rings. The minimum atomic E-state index is -0.548. The minimum Gasteiger partial charge on any atom is -0.296 e. The fraction of sp³-hybridized carbons (Fsp3) is 0.417. The van der Waals surface area contributed by atoms with E-state index in [1.807, 2.05) is 0 Å². The van der Waals surface area contributed by atoms with Crippen LogP contribution in [0.3, 0.4) is 0 Å². The molecule has 1 N–H and O–H groups in total. The maximum Gasteiger partial charge on any atom is 0.231 e. The number of carbonyl (C=O) groups is 2. The number of nitrogens with zero attached hydrogens (tertiary/aromatic N) is 1. The first-order valence-electron chi connectivity index (χ1n) is 5.13. The van der Waals surface area contributed by atoms with Crippen molar-refractivity contribution in [1.82, 2.24) is 10.3 Å². The molecule has 0 bridgehead atoms. The highest BCUT2D eigenvalue weighted by Crippen LogP contribution is 2.12. The lowest BCUT2D eigenvalue weighted by atomic mass is 9.95. The second-order valence-corrected chi connectivity index (χ2v) is 4.66. The Kier molecular flexibility index (Phi) is 3.77. The van der Waals surface area contributed by atoms with Crippen molar-refractivity contribution in [1.29, 1.82) is 0 Å². The van der Waals surface area contributed by atoms with Gasteiger partial charge in [-0.25, -0.2) is 0 Å². The molecule has 4 heteroatoms. The largest absolute Gasteiger partial charge is 0.296 e. The molecule has 0 aliphatic rings. The van der Waals surface area contributed by atoms with Gasteiger partial charge in [0.2, 0.25) is 11.8 Å². The zero-order chi connectivity index (χ0) is 12.2. The highest BCUT2D eigenvalue weighted by atomic mass is 16.2. The summed E-state index contributed by atoms with van der Waals surface area (Å²) in [6.45, 7) is 5.30. The molecule has 1 aromatic heterocycles. The predicted octanol–water partition coefficient (Wildman–Crippen LogP) is 1.31. The van der Waals surface area contributed by atoms with Gasteiger partial charge in [-0.05, 0) is 17.7 Å². The number of pyridine rings is 1. The van der Waals surface area contributed by atoms with E-state index in [1.54, 1.807) is 45.3 Å². The molecule has 1 rings (SSSR count). The first kappa shape index (κ1) is 12.4. The maximum atomic E-state index is 11.5. The summed E-state index contributed by atoms with van der Waals surface area (Å²) in [5, 5.41) is 2.37. The zero-order valence-electron chi connectivity index (χ0n) is 9.78. The molecule has 0 fully saturated rings. The number of amides is 2. The number of nitrogens with one attached hydrogen (secondary N) is 1. The zero-order valence-corrected chi connectivity index (χ0v) is 9.78. The monoisotopic (exact) mass is 220 g/mol. The van der Waals surface area contributed by atoms with Crippen molar-refractivity contribution in [2.75, 3.05) is 0 Å². The second kappa shape index (κ2) is 4.88. The molecule has 0 aromatic carbocycles. The summed E-state index contributed by atoms with van der Waals surface area (Å²) in [6.07, 6.45) is 3.44. The van der Waals surface area contributed by atoms with Crippen LogP contribution in [-0.2, 0) is 16.0 Å². The smallest absolute Gasteiger partial charge is 0.231 e. The predicted molar refractivity (Wildman–Crippen MR) is 60.5 cm³/mol. The molecule has 0 atom stereocenters. The maximum absolute atomic E-state index is 11.5. The van der Waals surface area contributed by atoms with Gasteiger partial charge >= 0.3 is 0 Å². The first-order chi connectivity index (χ1) is 7.39. The average molecular weight is 220 g/mol. The second-order valence-electron chi connectivity index (χ2n) is 4.66. The molecule has 1 heterocycles. The summed E-state index contributed by atoms with van der Waals surface area (Å²) >= 11 is 0. The van der Waals surface area contributed by atoms with Gasteiger partial charge in [-0.1, -0.05) is 20.8 Å². The van der Waals surface area contributed by atoms with E-state index in [9.17, 15) is 9.59 Å². The molecule has 0 radical (unpaired) electrons. The normalized spacial score (nSPS) is 10.9. The van der Waals surface area contributed by atoms with Crippen molar-refractivity contribution in [2.24, 2.45) is 5.41 Å². The number of hydrogen-bond acceptors (Lipinski definition) is 3. The lowest BCUT2D eigenvalue weighted by Gasteiger charge is -2.16. The van der Waals surface area contributed by atoms with Crippen molar-refractivity contribution in [3.8, 4) is 0 Å². The molecule has 86 valence electrons. The Morgan fingerprint density at radius 1 is 1.25 bits per heavy atom. The molecule has 2 amide bonds. The Hall–Kier alpha value is -1.71. The Morgan fingerprint density at radius 2 is 1.81 bits per heavy atom. The van der Waals surface area contributed by atoms with Gasteiger partial charge in [0.05, 0.1) is 6.42 Å². The van der Waals surface area contributed by atoms with Crippen LogP contribution in [-0.4, -0.2) is 16.8 Å². The van der Waals surface area contributed by atoms with Crippen LogP contribution in [0.5, 0.6) is 0 Å². The average Bonchev–Trinajstić information content (AvgIpc) is 2.17. The van der Waals surface area contributed by atoms with E-state index in [0.29, 0.717) is 0 Å². The van der Waals surface area contributed by atoms with Crippen molar-refractivity contribution in [2.45, 2.75) is 27.2 Å². The summed E-state index contributed by atoms with van der Waals surface area (Å²) in [5.74, 6) is -0.544. The van der Waals surface area contributed by atoms with Crippen LogP contribution in [0.1, 0.15) is 26.3 Å². The summed E-state index contributed by atoms with van der Waals surface area (Å²) in [4.78, 5) is 26.9. The van der Waals surface area contributed by atoms with E-state index in [1.165, 1.54) is 0 Å². The van der Waals surface area contributed by atoms with E-state index in [0.717, 1.165) is 5.56 Å². The first-order valence-corrected chi connectivity index (χ1v) is 5.13. The van der Waals surface area contributed by atoms with E-state index >= 15 is 0 Å². The number of rotatable bonds is 2. The number of hydrogen-bond donors (Lipinski definition) is 1. The van der Waals surface area contributed by atoms with Crippen LogP contribution in [0.2, 0.25) is 0 Å². The van der Waals surface area contributed by atoms with E-state index in [4.69, 9.17) is 0 Å². The molecule has 16 heavy (non-hydrogen) atoms. The quantitative estimate of drug-likeness (QED) is 0.817. The van der Waals surface area contributed by atoms with Gasteiger partial charge in [0.1, 0.15) is 0 Å². The molecule has 4 nitrogen and oxygen atoms in total. The van der Waals surface area contributed by atoms with Crippen molar-refractivity contribution in [3.63, 3.8) is 0 Å². The van der Waals surface area contributed by atoms with Crippen molar-refractivity contribution in [3.05, 3.63) is 30.1 Å². The molecule has 0 aliphatic heterocycles. The molecular formula is C12H16N2O2. The third-order valence-corrected chi connectivity index (χ3v) is 2.05. The Bertz CT molecular complexity index is 380. The minimum absolute atomic E-state index is 0.199. The van der Waals surface area contributed by atoms with Gasteiger partial charge in [0.15, 0.2) is 0 Å². The van der Waals surface area contributed by atoms with Crippen LogP contribution in [0.25, 0.3) is 0 Å². The molecule has 0 saturated heterocycles. The number of carbonyl (C=O) groups excluding carboxylic acids is 2. The fourth-order valence-corrected chi connectivity index (χ4v) is 1.04. The topological polar surface area (TPSA) is 59.1 Å². The van der Waals surface area contributed by atoms with Crippen molar-refractivity contribution >= 4 is 11.8 Å². The van der Waals surface area contributed by atoms with E-state index in [-0.39, 0.29) is 18.2 Å². The van der Waals surface area contributed by atoms with Gasteiger partial charge in [-0.2, -0.15) is 0 Å². The lowest BCUT2D eigenvalue weighted by Crippen LogP contribution is -2.39. The van der Waals surface area contributed by atoms with Crippen molar-refractivity contribution < 1.29 is 9.59 Å². The Balaban J connectivity index is 2.52. The third-order valence-electron chi connectivity index (χ3n) is 2.05. The summed E-state index contributed by atoms with van der Waals surface area (Å²) in [5.41, 5.74) is 0.294. The third kappa shape index (κ3) is 3.81. The van der Waals surface area contributed by atoms with Crippen LogP contribution in [0.4, 0.5) is 0 Å². The van der Waals surface area contributed by atoms with Gasteiger partial charge in [-0.3, -0.25) is 19.9 Å². The summed E-state index contributed by atoms with van der Waals surface area (Å²) in [7, 11) is 0. The Morgan fingerprint density at radius 3 is 2.31 bits per heavy atom. The highest BCUT2D eigenvalue weighted by molar-refractivity contribution is 5.98. The summed E-state index contributed by atoms with van der Waals surface area (Å²) < 4.78 is 0. The van der Waals surface area contributed by atoms with Gasteiger partial charge in [-0.15, -0.1) is 0 Å². The molecule has 0 spiro atoms. The SMILES string of the molecule is CC(C)(C)C(=O)NC(=O)Cc1ccncc1. The Labute approximate surface area is 95.1 Å². The van der Waals surface area contributed by atoms with E-state index < -0.39 is 5.41 Å². The summed E-state index contributed by atoms with van der Waals surface area (Å²) in [6, 6.07) is 3.50. The van der Waals surface area contributed by atoms with Crippen LogP contribution in [0.15, 0.2) is 24.5 Å². The van der Waals surface area contributed by atoms with Crippen LogP contribution in [0, 0.1) is 5.41 Å². The molecular weight excluding hydrogens is 204 g/mol. The molecule has 0 saturated carbocycles. The van der Waals surface area contributed by atoms with Gasteiger partial charge < -0.3 is 0 Å². The van der Waals surface area contributed by atoms with Crippen LogP contribution < -0.4 is 5.32 Å². The van der Waals surface area contributed by atoms with E-state index in [2.05, 4.69) is 10.3 Å². The fourth-order valence-electron chi connectivity index (χ4n) is 1.04. The standard InChI is InChI=1S/C12H16N2O2/c1-12(2,3)11(16)14-10(15)8-9-4-6-13-7-5-9/h4-7H,8H2,1-3H3,(H,14,15,16). The lowest BCUT2D eigenvalue weighted by molar-refractivity contribution is -0.134. The van der Waals surface area contributed by atoms with Gasteiger partial charge in [0, 0.05) is 17.8 Å². The van der Waals surface area contributed by atoms with Crippen LogP contribution >= 0.6 is 0 Å².